The zero-order valence-corrected chi connectivity index (χ0v) is 21.7. The maximum absolute atomic E-state index is 12.4. The molecule has 0 aromatic heterocycles. The number of rotatable bonds is 16. The molecule has 0 aliphatic carbocycles. The monoisotopic (exact) mass is 518 g/mol. The van der Waals surface area contributed by atoms with Gasteiger partial charge in [0.25, 0.3) is 0 Å². The molecule has 13 heteroatoms. The molecule has 13 nitrogen and oxygen atoms in total. The van der Waals surface area contributed by atoms with Crippen LogP contribution in [0.25, 0.3) is 0 Å². The largest absolute Gasteiger partial charge is 0.480 e. The van der Waals surface area contributed by atoms with E-state index in [1.54, 1.807) is 20.8 Å². The molecule has 206 valence electrons. The highest BCUT2D eigenvalue weighted by atomic mass is 16.6. The molecule has 4 atom stereocenters. The Kier molecular flexibility index (Phi) is 14.5. The quantitative estimate of drug-likeness (QED) is 0.182. The van der Waals surface area contributed by atoms with Crippen molar-refractivity contribution >= 4 is 35.6 Å². The second-order valence-electron chi connectivity index (χ2n) is 9.26. The number of hydrogen-bond acceptors (Lipinski definition) is 11. The fourth-order valence-corrected chi connectivity index (χ4v) is 2.91. The fraction of sp³-hybridized carbons (Fsp3) is 0.739. The summed E-state index contributed by atoms with van der Waals surface area (Å²) in [5, 5.41) is 11.7. The molecule has 0 fully saturated rings. The number of carbonyl (C=O) groups is 6. The number of carboxylic acids is 1. The van der Waals surface area contributed by atoms with Crippen molar-refractivity contribution in [2.45, 2.75) is 71.1 Å². The van der Waals surface area contributed by atoms with Gasteiger partial charge in [0.15, 0.2) is 0 Å². The molecule has 0 aromatic carbocycles. The highest BCUT2D eigenvalue weighted by Crippen LogP contribution is 2.14. The van der Waals surface area contributed by atoms with Gasteiger partial charge in [-0.05, 0) is 27.2 Å². The van der Waals surface area contributed by atoms with Gasteiger partial charge in [-0.2, -0.15) is 0 Å². The maximum Gasteiger partial charge on any atom is 0.326 e. The first-order valence-electron chi connectivity index (χ1n) is 11.4. The Balaban J connectivity index is 4.85. The summed E-state index contributed by atoms with van der Waals surface area (Å²) in [5.74, 6) is -6.39. The smallest absolute Gasteiger partial charge is 0.326 e. The van der Waals surface area contributed by atoms with Gasteiger partial charge in [0.2, 0.25) is 5.91 Å². The Bertz CT molecular complexity index is 791. The summed E-state index contributed by atoms with van der Waals surface area (Å²) in [4.78, 5) is 71.6. The number of carbonyl (C=O) groups excluding carboxylic acids is 5. The highest BCUT2D eigenvalue weighted by molar-refractivity contribution is 5.88. The van der Waals surface area contributed by atoms with E-state index in [2.05, 4.69) is 14.8 Å². The highest BCUT2D eigenvalue weighted by Gasteiger charge is 2.28. The minimum absolute atomic E-state index is 0.235. The minimum atomic E-state index is -1.38. The van der Waals surface area contributed by atoms with E-state index in [0.29, 0.717) is 0 Å². The predicted octanol–water partition coefficient (Wildman–Crippen LogP) is -0.0308. The number of aliphatic carboxylic acids is 1. The van der Waals surface area contributed by atoms with Crippen LogP contribution in [0.2, 0.25) is 0 Å². The Morgan fingerprint density at radius 2 is 1.53 bits per heavy atom. The Morgan fingerprint density at radius 1 is 0.944 bits per heavy atom. The summed E-state index contributed by atoms with van der Waals surface area (Å²) < 4.78 is 19.5. The fourth-order valence-electron chi connectivity index (χ4n) is 2.91. The van der Waals surface area contributed by atoms with Gasteiger partial charge in [-0.1, -0.05) is 6.92 Å². The predicted molar refractivity (Wildman–Crippen MR) is 124 cm³/mol. The first kappa shape index (κ1) is 32.9. The number of ether oxygens (including phenoxy) is 4. The first-order valence-corrected chi connectivity index (χ1v) is 11.4. The van der Waals surface area contributed by atoms with E-state index >= 15 is 0 Å². The van der Waals surface area contributed by atoms with E-state index in [1.807, 2.05) is 0 Å². The lowest BCUT2D eigenvalue weighted by atomic mass is 9.98. The molecule has 0 heterocycles. The van der Waals surface area contributed by atoms with Crippen LogP contribution < -0.4 is 11.1 Å². The van der Waals surface area contributed by atoms with E-state index in [-0.39, 0.29) is 38.9 Å². The average molecular weight is 519 g/mol. The summed E-state index contributed by atoms with van der Waals surface area (Å²) in [6, 6.07) is -2.45. The van der Waals surface area contributed by atoms with Gasteiger partial charge in [-0.25, -0.2) is 4.79 Å². The maximum atomic E-state index is 12.4. The normalized spacial score (nSPS) is 14.5. The van der Waals surface area contributed by atoms with Gasteiger partial charge in [-0.3, -0.25) is 24.0 Å². The number of amides is 1. The standard InChI is InChI=1S/C23H38N2O11/c1-13(9-18(27)36-23(2,3)4)19(28)25-17(20(29)30)8-7-15(26)10-14(21(31)33-5)11-35-12-16(24)22(32)34-6/h13-14,16-17H,7-12,24H2,1-6H3,(H,25,28)(H,29,30)/t13-,14+,16-,17-/m1/s1. The van der Waals surface area contributed by atoms with Gasteiger partial charge in [0.1, 0.15) is 23.5 Å². The van der Waals surface area contributed by atoms with Crippen LogP contribution in [0.5, 0.6) is 0 Å². The third-order valence-electron chi connectivity index (χ3n) is 4.80. The van der Waals surface area contributed by atoms with Gasteiger partial charge in [0, 0.05) is 18.8 Å². The Hall–Kier alpha value is -3.06. The molecule has 4 N–H and O–H groups in total. The van der Waals surface area contributed by atoms with Crippen LogP contribution in [-0.2, 0) is 47.7 Å². The molecule has 0 radical (unpaired) electrons. The summed E-state index contributed by atoms with van der Waals surface area (Å²) in [7, 11) is 2.29. The van der Waals surface area contributed by atoms with Crippen LogP contribution in [0.3, 0.4) is 0 Å². The molecular formula is C23H38N2O11. The lowest BCUT2D eigenvalue weighted by Crippen LogP contribution is -2.44. The van der Waals surface area contributed by atoms with Gasteiger partial charge < -0.3 is 35.1 Å². The lowest BCUT2D eigenvalue weighted by Gasteiger charge is -2.21. The van der Waals surface area contributed by atoms with Crippen molar-refractivity contribution < 1.29 is 52.8 Å². The van der Waals surface area contributed by atoms with Crippen LogP contribution in [0, 0.1) is 11.8 Å². The molecule has 0 aromatic rings. The Morgan fingerprint density at radius 3 is 2.03 bits per heavy atom. The van der Waals surface area contributed by atoms with Crippen molar-refractivity contribution in [3.05, 3.63) is 0 Å². The number of hydrogen-bond donors (Lipinski definition) is 3. The number of methoxy groups -OCH3 is 2. The topological polar surface area (TPSA) is 198 Å². The third-order valence-corrected chi connectivity index (χ3v) is 4.80. The summed E-state index contributed by atoms with van der Waals surface area (Å²) in [6.07, 6.45) is -1.04. The second-order valence-corrected chi connectivity index (χ2v) is 9.26. The molecule has 0 spiro atoms. The van der Waals surface area contributed by atoms with E-state index < -0.39 is 65.1 Å². The first-order chi connectivity index (χ1) is 16.6. The molecule has 0 rings (SSSR count). The van der Waals surface area contributed by atoms with Crippen LogP contribution in [0.4, 0.5) is 0 Å². The third kappa shape index (κ3) is 13.7. The molecule has 0 aliphatic heterocycles. The molecule has 0 saturated carbocycles. The van der Waals surface area contributed by atoms with Crippen molar-refractivity contribution in [2.24, 2.45) is 17.6 Å². The molecule has 0 aliphatic rings. The zero-order chi connectivity index (χ0) is 28.1. The van der Waals surface area contributed by atoms with Crippen molar-refractivity contribution in [2.75, 3.05) is 27.4 Å². The van der Waals surface area contributed by atoms with Crippen LogP contribution in [-0.4, -0.2) is 85.8 Å². The number of carboxylic acid groups (broad SMARTS) is 1. The summed E-state index contributed by atoms with van der Waals surface area (Å²) >= 11 is 0. The van der Waals surface area contributed by atoms with Gasteiger partial charge in [0.05, 0.1) is 39.8 Å². The van der Waals surface area contributed by atoms with Gasteiger partial charge >= 0.3 is 23.9 Å². The van der Waals surface area contributed by atoms with Crippen LogP contribution >= 0.6 is 0 Å². The number of ketones is 1. The lowest BCUT2D eigenvalue weighted by molar-refractivity contribution is -0.157. The number of esters is 3. The molecular weight excluding hydrogens is 480 g/mol. The van der Waals surface area contributed by atoms with E-state index in [0.717, 1.165) is 14.2 Å². The molecule has 0 unspecified atom stereocenters. The summed E-state index contributed by atoms with van der Waals surface area (Å²) in [6.45, 7) is 5.99. The van der Waals surface area contributed by atoms with Crippen molar-refractivity contribution in [3.8, 4) is 0 Å². The molecule has 0 bridgehead atoms. The van der Waals surface area contributed by atoms with Crippen molar-refractivity contribution in [3.63, 3.8) is 0 Å². The van der Waals surface area contributed by atoms with E-state index in [9.17, 15) is 33.9 Å². The van der Waals surface area contributed by atoms with Crippen molar-refractivity contribution in [1.82, 2.24) is 5.32 Å². The zero-order valence-electron chi connectivity index (χ0n) is 21.7. The Labute approximate surface area is 210 Å². The van der Waals surface area contributed by atoms with E-state index in [1.165, 1.54) is 6.92 Å². The van der Waals surface area contributed by atoms with Crippen molar-refractivity contribution in [1.29, 1.82) is 0 Å². The van der Waals surface area contributed by atoms with E-state index in [4.69, 9.17) is 15.2 Å². The van der Waals surface area contributed by atoms with Gasteiger partial charge in [-0.15, -0.1) is 0 Å². The SMILES string of the molecule is COC(=O)[C@H](COC[C@@H](N)C(=O)OC)CC(=O)CC[C@@H](NC(=O)[C@H](C)CC(=O)OC(C)(C)C)C(=O)O. The van der Waals surface area contributed by atoms with Crippen LogP contribution in [0.15, 0.2) is 0 Å². The molecule has 0 saturated heterocycles. The molecule has 1 amide bonds. The molecule has 36 heavy (non-hydrogen) atoms. The second kappa shape index (κ2) is 15.8. The average Bonchev–Trinajstić information content (AvgIpc) is 2.77. The minimum Gasteiger partial charge on any atom is -0.480 e. The number of nitrogens with one attached hydrogen (secondary N) is 1. The number of nitrogens with two attached hydrogens (primary N) is 1. The number of Topliss-reactive ketones (excluding diaryl/α,β-unsaturated/α-hetero) is 1. The summed E-state index contributed by atoms with van der Waals surface area (Å²) in [5.41, 5.74) is 4.82. The van der Waals surface area contributed by atoms with Crippen LogP contribution in [0.1, 0.15) is 53.4 Å².